The second-order valence-corrected chi connectivity index (χ2v) is 17.4. The number of fused-ring (bicyclic) bond motifs is 10. The first kappa shape index (κ1) is 35.5. The molecular weight excluding hydrogens is 765 g/mol. The van der Waals surface area contributed by atoms with Gasteiger partial charge in [0.2, 0.25) is 0 Å². The lowest BCUT2D eigenvalue weighted by atomic mass is 9.82. The van der Waals surface area contributed by atoms with E-state index in [1.165, 1.54) is 58.7 Å². The summed E-state index contributed by atoms with van der Waals surface area (Å²) < 4.78 is 11.5. The summed E-state index contributed by atoms with van der Waals surface area (Å²) in [6, 6.07) is 54.2. The van der Waals surface area contributed by atoms with Crippen LogP contribution in [0.1, 0.15) is 37.7 Å². The lowest BCUT2D eigenvalue weighted by Gasteiger charge is -2.21. The van der Waals surface area contributed by atoms with Crippen LogP contribution in [0.4, 0.5) is 0 Å². The molecule has 4 heterocycles. The van der Waals surface area contributed by atoms with Crippen LogP contribution in [0.2, 0.25) is 0 Å². The molecule has 0 radical (unpaired) electrons. The first-order valence-corrected chi connectivity index (χ1v) is 21.5. The largest absolute Gasteiger partial charge is 0.456 e. The van der Waals surface area contributed by atoms with Gasteiger partial charge in [0.25, 0.3) is 0 Å². The summed E-state index contributed by atoms with van der Waals surface area (Å²) in [5.41, 5.74) is 12.0. The molecule has 61 heavy (non-hydrogen) atoms. The van der Waals surface area contributed by atoms with E-state index >= 15 is 0 Å². The molecular formula is C55H38N4OS. The zero-order valence-corrected chi connectivity index (χ0v) is 34.7. The summed E-state index contributed by atoms with van der Waals surface area (Å²) in [5.74, 6) is 1.78. The summed E-state index contributed by atoms with van der Waals surface area (Å²) >= 11 is 1.80. The van der Waals surface area contributed by atoms with Gasteiger partial charge in [-0.15, -0.1) is 11.3 Å². The number of nitrogens with zero attached hydrogens (tertiary/aromatic N) is 4. The van der Waals surface area contributed by atoms with Gasteiger partial charge >= 0.3 is 0 Å². The number of benzene rings is 7. The highest BCUT2D eigenvalue weighted by molar-refractivity contribution is 7.25. The van der Waals surface area contributed by atoms with Crippen molar-refractivity contribution in [3.8, 4) is 39.6 Å². The quantitative estimate of drug-likeness (QED) is 0.174. The van der Waals surface area contributed by atoms with E-state index in [9.17, 15) is 0 Å². The van der Waals surface area contributed by atoms with Crippen molar-refractivity contribution < 1.29 is 4.42 Å². The Morgan fingerprint density at radius 1 is 0.574 bits per heavy atom. The van der Waals surface area contributed by atoms with Gasteiger partial charge < -0.3 is 8.98 Å². The number of rotatable bonds is 5. The zero-order chi connectivity index (χ0) is 40.8. The molecule has 0 amide bonds. The Bertz CT molecular complexity index is 3760. The Kier molecular flexibility index (Phi) is 7.90. The van der Waals surface area contributed by atoms with Crippen LogP contribution in [0.15, 0.2) is 168 Å². The maximum absolute atomic E-state index is 6.64. The van der Waals surface area contributed by atoms with Gasteiger partial charge in [0.05, 0.1) is 11.0 Å². The fourth-order valence-corrected chi connectivity index (χ4v) is 10.5. The summed E-state index contributed by atoms with van der Waals surface area (Å²) in [6.45, 7) is 6.70. The summed E-state index contributed by atoms with van der Waals surface area (Å²) in [6.07, 6.45) is 8.10. The Balaban J connectivity index is 1.09. The van der Waals surface area contributed by atoms with E-state index in [0.29, 0.717) is 17.5 Å². The molecule has 290 valence electrons. The molecule has 11 aromatic rings. The first-order chi connectivity index (χ1) is 29.9. The smallest absolute Gasteiger partial charge is 0.164 e. The fraction of sp³-hybridized carbons (Fsp3) is 0.0727. The highest BCUT2D eigenvalue weighted by Crippen LogP contribution is 2.51. The first-order valence-electron chi connectivity index (χ1n) is 20.7. The van der Waals surface area contributed by atoms with Crippen LogP contribution < -0.4 is 10.6 Å². The van der Waals surface area contributed by atoms with Crippen molar-refractivity contribution in [2.24, 2.45) is 0 Å². The minimum atomic E-state index is -0.124. The van der Waals surface area contributed by atoms with Gasteiger partial charge in [0.1, 0.15) is 11.0 Å². The molecule has 0 spiro atoms. The second kappa shape index (κ2) is 13.6. The molecule has 5 nitrogen and oxygen atoms in total. The molecule has 12 rings (SSSR count). The van der Waals surface area contributed by atoms with Crippen molar-refractivity contribution in [3.63, 3.8) is 0 Å². The van der Waals surface area contributed by atoms with Gasteiger partial charge in [-0.3, -0.25) is 0 Å². The number of hydrogen-bond donors (Lipinski definition) is 0. The van der Waals surface area contributed by atoms with E-state index < -0.39 is 0 Å². The molecule has 7 aromatic carbocycles. The third-order valence-corrected chi connectivity index (χ3v) is 13.6. The van der Waals surface area contributed by atoms with E-state index in [1.807, 2.05) is 55.5 Å². The van der Waals surface area contributed by atoms with E-state index in [1.54, 1.807) is 11.3 Å². The number of thiophene rings is 1. The standard InChI is InChI=1S/C55H38N4OS/c1-4-5-22-48-42(31-52-56-53(33-15-7-6-8-16-33)58-54(57-52)34-24-27-51-43(28-34)38-19-11-14-23-50(38)61-51)41-29-35(25-26-49(41)60-48)59-46-21-13-10-18-37(46)40-30-39-36-17-9-12-20-44(36)55(2,3)45(39)32-47(40)59/h4-32H,1-3H3/b5-4-,42-31?,48-22+. The number of hydrogen-bond acceptors (Lipinski definition) is 5. The van der Waals surface area contributed by atoms with Gasteiger partial charge in [-0.1, -0.05) is 117 Å². The number of furan rings is 1. The maximum atomic E-state index is 6.64. The molecule has 0 saturated heterocycles. The topological polar surface area (TPSA) is 56.7 Å². The predicted octanol–water partition coefficient (Wildman–Crippen LogP) is 12.9. The van der Waals surface area contributed by atoms with Crippen LogP contribution in [0.5, 0.6) is 0 Å². The average Bonchev–Trinajstić information content (AvgIpc) is 4.01. The molecule has 0 N–H and O–H groups in total. The average molecular weight is 803 g/mol. The predicted molar refractivity (Wildman–Crippen MR) is 254 cm³/mol. The van der Waals surface area contributed by atoms with E-state index in [4.69, 9.17) is 19.4 Å². The Labute approximate surface area is 355 Å². The number of allylic oxidation sites excluding steroid dienone is 2. The molecule has 4 aromatic heterocycles. The van der Waals surface area contributed by atoms with Crippen molar-refractivity contribution in [3.05, 3.63) is 191 Å². The molecule has 0 atom stereocenters. The third kappa shape index (κ3) is 5.56. The zero-order valence-electron chi connectivity index (χ0n) is 33.8. The van der Waals surface area contributed by atoms with Gasteiger partial charge in [-0.25, -0.2) is 15.0 Å². The number of para-hydroxylation sites is 1. The summed E-state index contributed by atoms with van der Waals surface area (Å²) in [5, 5.41) is 6.78. The Hall–Kier alpha value is -7.41. The van der Waals surface area contributed by atoms with Crippen LogP contribution >= 0.6 is 11.3 Å². The van der Waals surface area contributed by atoms with E-state index in [-0.39, 0.29) is 5.41 Å². The molecule has 0 aliphatic heterocycles. The van der Waals surface area contributed by atoms with Gasteiger partial charge in [-0.2, -0.15) is 0 Å². The van der Waals surface area contributed by atoms with Crippen LogP contribution in [0, 0.1) is 0 Å². The molecule has 1 aliphatic rings. The molecule has 0 saturated carbocycles. The lowest BCUT2D eigenvalue weighted by Crippen LogP contribution is -2.20. The minimum absolute atomic E-state index is 0.124. The Morgan fingerprint density at radius 2 is 1.33 bits per heavy atom. The van der Waals surface area contributed by atoms with Crippen molar-refractivity contribution in [1.29, 1.82) is 0 Å². The maximum Gasteiger partial charge on any atom is 0.164 e. The summed E-state index contributed by atoms with van der Waals surface area (Å²) in [4.78, 5) is 15.3. The van der Waals surface area contributed by atoms with Gasteiger partial charge in [0.15, 0.2) is 17.5 Å². The van der Waals surface area contributed by atoms with Crippen molar-refractivity contribution in [2.75, 3.05) is 0 Å². The SMILES string of the molecule is C/C=C\C=c1\oc2ccc(-n3c4ccccc4c4cc5c(cc43)C(C)(C)c3ccccc3-5)cc2c1=Cc1nc(-c2ccccc2)nc(-c2ccc3sc4ccccc4c3c2)n1. The van der Waals surface area contributed by atoms with Crippen LogP contribution in [0.25, 0.3) is 105 Å². The van der Waals surface area contributed by atoms with Crippen LogP contribution in [-0.4, -0.2) is 19.5 Å². The van der Waals surface area contributed by atoms with Gasteiger partial charge in [-0.05, 0) is 102 Å². The summed E-state index contributed by atoms with van der Waals surface area (Å²) in [7, 11) is 0. The molecule has 0 fully saturated rings. The van der Waals surface area contributed by atoms with E-state index in [0.717, 1.165) is 43.9 Å². The third-order valence-electron chi connectivity index (χ3n) is 12.4. The highest BCUT2D eigenvalue weighted by atomic mass is 32.1. The molecule has 0 bridgehead atoms. The van der Waals surface area contributed by atoms with Crippen molar-refractivity contribution in [2.45, 2.75) is 26.2 Å². The highest BCUT2D eigenvalue weighted by Gasteiger charge is 2.36. The van der Waals surface area contributed by atoms with Gasteiger partial charge in [0, 0.05) is 63.8 Å². The Morgan fingerprint density at radius 3 is 2.20 bits per heavy atom. The number of aromatic nitrogens is 4. The molecule has 0 unspecified atom stereocenters. The normalized spacial score (nSPS) is 14.1. The minimum Gasteiger partial charge on any atom is -0.456 e. The molecule has 6 heteroatoms. The van der Waals surface area contributed by atoms with Crippen LogP contribution in [-0.2, 0) is 5.41 Å². The van der Waals surface area contributed by atoms with Crippen LogP contribution in [0.3, 0.4) is 0 Å². The second-order valence-electron chi connectivity index (χ2n) is 16.4. The lowest BCUT2D eigenvalue weighted by molar-refractivity contribution is 0.575. The van der Waals surface area contributed by atoms with E-state index in [2.05, 4.69) is 146 Å². The van der Waals surface area contributed by atoms with Crippen molar-refractivity contribution >= 4 is 76.4 Å². The monoisotopic (exact) mass is 802 g/mol. The fourth-order valence-electron chi connectivity index (χ4n) is 9.46. The van der Waals surface area contributed by atoms with Crippen molar-refractivity contribution in [1.82, 2.24) is 19.5 Å². The molecule has 1 aliphatic carbocycles.